The van der Waals surface area contributed by atoms with Crippen LogP contribution in [0.3, 0.4) is 0 Å². The number of likely N-dealkylation sites (tertiary alicyclic amines) is 1. The maximum atomic E-state index is 5.07. The molecule has 1 heterocycles. The molecule has 2 unspecified atom stereocenters. The standard InChI is InChI=1S/C13H28N2O/c1-4-14-13-7-9-15(11-12(13)2)8-5-6-10-16-3/h12-14H,4-11H2,1-3H3. The predicted octanol–water partition coefficient (Wildman–Crippen LogP) is 1.73. The minimum atomic E-state index is 0.736. The summed E-state index contributed by atoms with van der Waals surface area (Å²) in [5.74, 6) is 0.788. The van der Waals surface area contributed by atoms with E-state index in [0.29, 0.717) is 0 Å². The summed E-state index contributed by atoms with van der Waals surface area (Å²) in [4.78, 5) is 2.61. The lowest BCUT2D eigenvalue weighted by atomic mass is 9.93. The van der Waals surface area contributed by atoms with Gasteiger partial charge in [-0.3, -0.25) is 0 Å². The molecule has 0 aliphatic carbocycles. The fraction of sp³-hybridized carbons (Fsp3) is 1.00. The fourth-order valence-electron chi connectivity index (χ4n) is 2.58. The van der Waals surface area contributed by atoms with Gasteiger partial charge in [0.1, 0.15) is 0 Å². The molecule has 16 heavy (non-hydrogen) atoms. The number of ether oxygens (including phenoxy) is 1. The molecule has 0 bridgehead atoms. The Bertz CT molecular complexity index is 173. The number of nitrogens with zero attached hydrogens (tertiary/aromatic N) is 1. The van der Waals surface area contributed by atoms with Gasteiger partial charge in [0.25, 0.3) is 0 Å². The third kappa shape index (κ3) is 4.81. The number of methoxy groups -OCH3 is 1. The van der Waals surface area contributed by atoms with Crippen LogP contribution in [0.4, 0.5) is 0 Å². The molecule has 0 aromatic heterocycles. The lowest BCUT2D eigenvalue weighted by Crippen LogP contribution is -2.48. The molecular weight excluding hydrogens is 200 g/mol. The number of unbranched alkanes of at least 4 members (excludes halogenated alkanes) is 1. The van der Waals surface area contributed by atoms with Gasteiger partial charge in [0.2, 0.25) is 0 Å². The molecule has 1 aliphatic heterocycles. The van der Waals surface area contributed by atoms with Gasteiger partial charge in [0.05, 0.1) is 0 Å². The van der Waals surface area contributed by atoms with Crippen molar-refractivity contribution < 1.29 is 4.74 Å². The third-order valence-electron chi connectivity index (χ3n) is 3.53. The van der Waals surface area contributed by atoms with Crippen molar-refractivity contribution in [3.8, 4) is 0 Å². The fourth-order valence-corrected chi connectivity index (χ4v) is 2.58. The van der Waals surface area contributed by atoms with E-state index < -0.39 is 0 Å². The molecule has 3 nitrogen and oxygen atoms in total. The quantitative estimate of drug-likeness (QED) is 0.672. The van der Waals surface area contributed by atoms with Crippen LogP contribution in [0.2, 0.25) is 0 Å². The average molecular weight is 228 g/mol. The smallest absolute Gasteiger partial charge is 0.0462 e. The van der Waals surface area contributed by atoms with Gasteiger partial charge < -0.3 is 15.0 Å². The first-order valence-corrected chi connectivity index (χ1v) is 6.72. The summed E-state index contributed by atoms with van der Waals surface area (Å²) in [6, 6.07) is 0.736. The average Bonchev–Trinajstić information content (AvgIpc) is 2.28. The molecule has 1 rings (SSSR count). The van der Waals surface area contributed by atoms with Gasteiger partial charge >= 0.3 is 0 Å². The van der Waals surface area contributed by atoms with Crippen LogP contribution in [0.5, 0.6) is 0 Å². The van der Waals surface area contributed by atoms with Crippen molar-refractivity contribution in [3.63, 3.8) is 0 Å². The lowest BCUT2D eigenvalue weighted by Gasteiger charge is -2.37. The molecule has 0 radical (unpaired) electrons. The van der Waals surface area contributed by atoms with E-state index in [2.05, 4.69) is 24.1 Å². The monoisotopic (exact) mass is 228 g/mol. The largest absolute Gasteiger partial charge is 0.385 e. The van der Waals surface area contributed by atoms with Gasteiger partial charge in [-0.05, 0) is 44.8 Å². The van der Waals surface area contributed by atoms with Crippen LogP contribution in [0.15, 0.2) is 0 Å². The molecule has 2 atom stereocenters. The molecule has 96 valence electrons. The minimum Gasteiger partial charge on any atom is -0.385 e. The molecule has 0 aromatic rings. The normalized spacial score (nSPS) is 27.2. The summed E-state index contributed by atoms with van der Waals surface area (Å²) in [7, 11) is 1.78. The Balaban J connectivity index is 2.13. The second kappa shape index (κ2) is 8.04. The first-order chi connectivity index (χ1) is 7.77. The van der Waals surface area contributed by atoms with Crippen molar-refractivity contribution in [2.45, 2.75) is 39.2 Å². The molecule has 1 saturated heterocycles. The van der Waals surface area contributed by atoms with Crippen LogP contribution in [0, 0.1) is 5.92 Å². The van der Waals surface area contributed by atoms with E-state index in [0.717, 1.165) is 25.1 Å². The van der Waals surface area contributed by atoms with E-state index in [-0.39, 0.29) is 0 Å². The molecule has 1 fully saturated rings. The minimum absolute atomic E-state index is 0.736. The lowest BCUT2D eigenvalue weighted by molar-refractivity contribution is 0.138. The second-order valence-corrected chi connectivity index (χ2v) is 4.93. The Morgan fingerprint density at radius 1 is 1.38 bits per heavy atom. The Kier molecular flexibility index (Phi) is 7.01. The van der Waals surface area contributed by atoms with Crippen molar-refractivity contribution in [1.29, 1.82) is 0 Å². The van der Waals surface area contributed by atoms with Crippen molar-refractivity contribution >= 4 is 0 Å². The summed E-state index contributed by atoms with van der Waals surface area (Å²) in [5.41, 5.74) is 0. The maximum Gasteiger partial charge on any atom is 0.0462 e. The number of piperidine rings is 1. The Hall–Kier alpha value is -0.120. The number of hydrogen-bond acceptors (Lipinski definition) is 3. The van der Waals surface area contributed by atoms with Crippen LogP contribution in [0.1, 0.15) is 33.1 Å². The van der Waals surface area contributed by atoms with Crippen LogP contribution in [-0.2, 0) is 4.74 Å². The first-order valence-electron chi connectivity index (χ1n) is 6.72. The summed E-state index contributed by atoms with van der Waals surface area (Å²) in [6.45, 7) is 10.3. The summed E-state index contributed by atoms with van der Waals surface area (Å²) in [6.07, 6.45) is 3.77. The highest BCUT2D eigenvalue weighted by atomic mass is 16.5. The second-order valence-electron chi connectivity index (χ2n) is 4.93. The van der Waals surface area contributed by atoms with E-state index >= 15 is 0 Å². The van der Waals surface area contributed by atoms with E-state index in [4.69, 9.17) is 4.74 Å². The maximum absolute atomic E-state index is 5.07. The first kappa shape index (κ1) is 13.9. The molecule has 0 aromatic carbocycles. The Labute approximate surface area is 101 Å². The SMILES string of the molecule is CCNC1CCN(CCCCOC)CC1C. The molecule has 1 N–H and O–H groups in total. The van der Waals surface area contributed by atoms with Crippen LogP contribution < -0.4 is 5.32 Å². The van der Waals surface area contributed by atoms with Crippen LogP contribution >= 0.6 is 0 Å². The Morgan fingerprint density at radius 2 is 2.19 bits per heavy atom. The predicted molar refractivity (Wildman–Crippen MR) is 68.8 cm³/mol. The van der Waals surface area contributed by atoms with Crippen molar-refractivity contribution in [2.24, 2.45) is 5.92 Å². The van der Waals surface area contributed by atoms with Crippen molar-refractivity contribution in [1.82, 2.24) is 10.2 Å². The molecule has 0 amide bonds. The van der Waals surface area contributed by atoms with Gasteiger partial charge in [0.15, 0.2) is 0 Å². The molecule has 1 aliphatic rings. The van der Waals surface area contributed by atoms with E-state index in [1.807, 2.05) is 0 Å². The molecule has 0 spiro atoms. The summed E-state index contributed by atoms with van der Waals surface area (Å²) in [5, 5.41) is 3.58. The van der Waals surface area contributed by atoms with Gasteiger partial charge in [-0.1, -0.05) is 13.8 Å². The highest BCUT2D eigenvalue weighted by molar-refractivity contribution is 4.82. The number of nitrogens with one attached hydrogen (secondary N) is 1. The zero-order valence-corrected chi connectivity index (χ0v) is 11.2. The summed E-state index contributed by atoms with van der Waals surface area (Å²) < 4.78 is 5.07. The number of hydrogen-bond donors (Lipinski definition) is 1. The van der Waals surface area contributed by atoms with Crippen LogP contribution in [-0.4, -0.2) is 50.8 Å². The van der Waals surface area contributed by atoms with Gasteiger partial charge in [-0.2, -0.15) is 0 Å². The molecule has 0 saturated carbocycles. The van der Waals surface area contributed by atoms with Gasteiger partial charge in [0, 0.05) is 26.3 Å². The van der Waals surface area contributed by atoms with Gasteiger partial charge in [-0.15, -0.1) is 0 Å². The number of rotatable bonds is 7. The summed E-state index contributed by atoms with van der Waals surface area (Å²) >= 11 is 0. The van der Waals surface area contributed by atoms with Gasteiger partial charge in [-0.25, -0.2) is 0 Å². The Morgan fingerprint density at radius 3 is 2.81 bits per heavy atom. The highest BCUT2D eigenvalue weighted by Crippen LogP contribution is 2.17. The topological polar surface area (TPSA) is 24.5 Å². The highest BCUT2D eigenvalue weighted by Gasteiger charge is 2.24. The zero-order valence-electron chi connectivity index (χ0n) is 11.2. The zero-order chi connectivity index (χ0) is 11.8. The van der Waals surface area contributed by atoms with Crippen molar-refractivity contribution in [3.05, 3.63) is 0 Å². The van der Waals surface area contributed by atoms with Crippen molar-refractivity contribution in [2.75, 3.05) is 39.9 Å². The van der Waals surface area contributed by atoms with E-state index in [1.165, 1.54) is 38.9 Å². The third-order valence-corrected chi connectivity index (χ3v) is 3.53. The van der Waals surface area contributed by atoms with E-state index in [9.17, 15) is 0 Å². The molecule has 3 heteroatoms. The molecular formula is C13H28N2O. The van der Waals surface area contributed by atoms with E-state index in [1.54, 1.807) is 7.11 Å². The van der Waals surface area contributed by atoms with Crippen LogP contribution in [0.25, 0.3) is 0 Å².